The van der Waals surface area contributed by atoms with E-state index in [9.17, 15) is 30.0 Å². The fraction of sp³-hybridized carbons (Fsp3) is 0.551. The Morgan fingerprint density at radius 3 is 1.41 bits per heavy atom. The molecule has 4 aromatic rings. The third-order valence-electron chi connectivity index (χ3n) is 13.0. The molecule has 2 saturated carbocycles. The van der Waals surface area contributed by atoms with Crippen LogP contribution < -0.4 is 0 Å². The number of likely N-dealkylation sites (tertiary alicyclic amines) is 2. The number of hydrogen-bond donors (Lipinski definition) is 4. The van der Waals surface area contributed by atoms with E-state index in [0.29, 0.717) is 63.7 Å². The number of halogens is 2. The van der Waals surface area contributed by atoms with Crippen molar-refractivity contribution in [1.29, 1.82) is 0 Å². The van der Waals surface area contributed by atoms with E-state index in [-0.39, 0.29) is 42.3 Å². The normalized spacial score (nSPS) is 28.7. The van der Waals surface area contributed by atoms with E-state index in [1.807, 2.05) is 67.6 Å². The van der Waals surface area contributed by atoms with Gasteiger partial charge >= 0.3 is 0 Å². The number of furan rings is 2. The molecule has 0 amide bonds. The third kappa shape index (κ3) is 11.2. The second-order valence-electron chi connectivity index (χ2n) is 19.4. The summed E-state index contributed by atoms with van der Waals surface area (Å²) in [5.74, 6) is 3.10. The second-order valence-corrected chi connectivity index (χ2v) is 20.3. The lowest BCUT2D eigenvalue weighted by Gasteiger charge is -2.58. The molecule has 0 radical (unpaired) electrons. The number of Topliss-reactive ketones (excluding diaryl/α,β-unsaturated/α-hetero) is 2. The summed E-state index contributed by atoms with van der Waals surface area (Å²) in [7, 11) is 0. The number of hydrogen-bond acceptors (Lipinski definition) is 10. The average Bonchev–Trinajstić information content (AvgIpc) is 3.90. The first-order valence-corrected chi connectivity index (χ1v) is 22.3. The zero-order valence-corrected chi connectivity index (χ0v) is 38.0. The van der Waals surface area contributed by atoms with Crippen molar-refractivity contribution >= 4 is 27.5 Å². The minimum absolute atomic E-state index is 0. The molecule has 6 unspecified atom stereocenters. The van der Waals surface area contributed by atoms with Crippen molar-refractivity contribution in [2.24, 2.45) is 33.5 Å². The highest BCUT2D eigenvalue weighted by atomic mass is 79.9. The number of aliphatic hydroxyl groups is 4. The summed E-state index contributed by atoms with van der Waals surface area (Å²) in [6, 6.07) is 23.8. The molecule has 4 bridgehead atoms. The molecule has 8 rings (SSSR count). The Bertz CT molecular complexity index is 1990. The van der Waals surface area contributed by atoms with Crippen LogP contribution in [0.5, 0.6) is 0 Å². The van der Waals surface area contributed by atoms with E-state index >= 15 is 0 Å². The van der Waals surface area contributed by atoms with E-state index in [1.54, 1.807) is 12.5 Å². The van der Waals surface area contributed by atoms with E-state index in [4.69, 9.17) is 8.83 Å². The smallest absolute Gasteiger partial charge is 0.134 e. The van der Waals surface area contributed by atoms with Gasteiger partial charge in [-0.05, 0) is 79.1 Å². The molecule has 4 heterocycles. The largest absolute Gasteiger partial charge is 0.470 e. The molecule has 0 spiro atoms. The van der Waals surface area contributed by atoms with Crippen LogP contribution in [0.1, 0.15) is 70.3 Å². The maximum absolute atomic E-state index is 12.7. The quantitative estimate of drug-likeness (QED) is 0.119. The first kappa shape index (κ1) is 48.5. The van der Waals surface area contributed by atoms with Gasteiger partial charge in [-0.1, -0.05) is 80.0 Å². The van der Waals surface area contributed by atoms with Crippen LogP contribution in [0, 0.1) is 40.4 Å². The van der Waals surface area contributed by atoms with Gasteiger partial charge in [-0.2, -0.15) is 0 Å². The molecule has 4 aliphatic rings. The van der Waals surface area contributed by atoms with Crippen molar-refractivity contribution in [3.63, 3.8) is 0 Å². The second kappa shape index (κ2) is 20.3. The molecule has 2 aromatic heterocycles. The number of carbonyl (C=O) groups is 2. The van der Waals surface area contributed by atoms with E-state index in [1.165, 1.54) is 0 Å². The van der Waals surface area contributed by atoms with Gasteiger partial charge < -0.3 is 39.1 Å². The lowest BCUT2D eigenvalue weighted by molar-refractivity contribution is -0.186. The first-order valence-electron chi connectivity index (χ1n) is 21.5. The molecule has 10 nitrogen and oxygen atoms in total. The number of carbonyl (C=O) groups excluding carboxylic acids is 2. The summed E-state index contributed by atoms with van der Waals surface area (Å²) >= 11 is 3.45. The Balaban J connectivity index is 0.000000201. The molecule has 12 heteroatoms. The summed E-state index contributed by atoms with van der Waals surface area (Å²) in [5.41, 5.74) is 0.666. The number of rotatable bonds is 11. The molecule has 2 aromatic carbocycles. The number of benzene rings is 2. The van der Waals surface area contributed by atoms with Crippen LogP contribution in [0.25, 0.3) is 11.3 Å². The number of piperidine rings is 2. The molecule has 6 atom stereocenters. The fourth-order valence-electron chi connectivity index (χ4n) is 11.0. The van der Waals surface area contributed by atoms with Crippen molar-refractivity contribution in [3.8, 4) is 11.3 Å². The van der Waals surface area contributed by atoms with Gasteiger partial charge in [-0.25, -0.2) is 0 Å². The van der Waals surface area contributed by atoms with Crippen LogP contribution >= 0.6 is 15.9 Å². The molecular weight excluding hydrogens is 843 g/mol. The number of nitrogens with zero attached hydrogens (tertiary/aromatic N) is 2. The van der Waals surface area contributed by atoms with Gasteiger partial charge in [-0.15, -0.1) is 0 Å². The van der Waals surface area contributed by atoms with E-state index < -0.39 is 33.9 Å². The number of fused-ring (bicyclic) bond motifs is 4. The standard InChI is InChI=1S/C24H31NO4.C20H28BrNO3.C5H6O.FH/c1-17(2)13-25-14-23(11-20(27)12-24(15-25,16-26)22(23)28)10-18-5-7-19(8-6-18)21-4-3-9-29-21;1-14(2)10-22-11-19(7-15-3-5-16(21)6-4-15)8-17(24)9-20(12-22,13-23)18(19)25;1-5-3-2-4-6-5;/h3-9,17,22,26,28H,10-16H2,1-2H3;3-6,14,18,23,25H,7-13H2,1-2H3;2-4H,1H3;1H. The highest BCUT2D eigenvalue weighted by molar-refractivity contribution is 9.10. The predicted molar refractivity (Wildman–Crippen MR) is 239 cm³/mol. The molecule has 334 valence electrons. The molecule has 2 aliphatic carbocycles. The summed E-state index contributed by atoms with van der Waals surface area (Å²) < 4.78 is 11.3. The minimum Gasteiger partial charge on any atom is -0.470 e. The topological polar surface area (TPSA) is 148 Å². The summed E-state index contributed by atoms with van der Waals surface area (Å²) in [5, 5.41) is 42.9. The molecule has 2 saturated heterocycles. The third-order valence-corrected chi connectivity index (χ3v) is 13.5. The van der Waals surface area contributed by atoms with Crippen LogP contribution in [0.2, 0.25) is 0 Å². The van der Waals surface area contributed by atoms with Gasteiger partial charge in [-0.3, -0.25) is 14.3 Å². The maximum Gasteiger partial charge on any atom is 0.134 e. The monoisotopic (exact) mass is 908 g/mol. The molecule has 4 fully saturated rings. The van der Waals surface area contributed by atoms with Gasteiger partial charge in [0.05, 0.1) is 37.9 Å². The average molecular weight is 910 g/mol. The zero-order valence-electron chi connectivity index (χ0n) is 36.4. The van der Waals surface area contributed by atoms with Crippen LogP contribution in [0.3, 0.4) is 0 Å². The van der Waals surface area contributed by atoms with Crippen LogP contribution in [0.15, 0.2) is 98.6 Å². The minimum atomic E-state index is -0.753. The number of aliphatic hydroxyl groups excluding tert-OH is 4. The number of ketones is 2. The summed E-state index contributed by atoms with van der Waals surface area (Å²) in [6.45, 7) is 14.7. The predicted octanol–water partition coefficient (Wildman–Crippen LogP) is 7.54. The SMILES string of the molecule is CC(C)CN1CC2(CO)CC(=O)CC(Cc3ccc(-c4ccco4)cc3)(C1)C2O.CC(C)CN1CC2(CO)CC(=O)CC(Cc3ccc(Br)cc3)(C1)C2O.Cc1ccco1.F. The van der Waals surface area contributed by atoms with Crippen LogP contribution in [-0.4, -0.2) is 106 Å². The van der Waals surface area contributed by atoms with Crippen molar-refractivity contribution in [2.75, 3.05) is 52.5 Å². The van der Waals surface area contributed by atoms with Crippen molar-refractivity contribution in [1.82, 2.24) is 9.80 Å². The molecule has 2 aliphatic heterocycles. The van der Waals surface area contributed by atoms with Gasteiger partial charge in [0.25, 0.3) is 0 Å². The summed E-state index contributed by atoms with van der Waals surface area (Å²) in [4.78, 5) is 29.9. The van der Waals surface area contributed by atoms with E-state index in [2.05, 4.69) is 65.6 Å². The van der Waals surface area contributed by atoms with Crippen molar-refractivity contribution in [2.45, 2.75) is 85.4 Å². The Hall–Kier alpha value is -3.49. The Kier molecular flexibility index (Phi) is 16.2. The van der Waals surface area contributed by atoms with Crippen LogP contribution in [0.4, 0.5) is 4.70 Å². The number of aryl methyl sites for hydroxylation is 1. The lowest BCUT2D eigenvalue weighted by Crippen LogP contribution is -2.68. The van der Waals surface area contributed by atoms with Crippen LogP contribution in [-0.2, 0) is 22.4 Å². The van der Waals surface area contributed by atoms with E-state index in [0.717, 1.165) is 45.8 Å². The first-order chi connectivity index (χ1) is 28.5. The van der Waals surface area contributed by atoms with Gasteiger partial charge in [0, 0.05) is 96.6 Å². The zero-order chi connectivity index (χ0) is 43.3. The Morgan fingerprint density at radius 1 is 0.639 bits per heavy atom. The lowest BCUT2D eigenvalue weighted by atomic mass is 9.55. The molecule has 61 heavy (non-hydrogen) atoms. The van der Waals surface area contributed by atoms with Gasteiger partial charge in [0.1, 0.15) is 23.1 Å². The van der Waals surface area contributed by atoms with Crippen molar-refractivity contribution in [3.05, 3.63) is 107 Å². The van der Waals surface area contributed by atoms with Gasteiger partial charge in [0.2, 0.25) is 0 Å². The summed E-state index contributed by atoms with van der Waals surface area (Å²) in [6.07, 6.45) is 4.55. The highest BCUT2D eigenvalue weighted by Gasteiger charge is 2.61. The van der Waals surface area contributed by atoms with Crippen molar-refractivity contribution < 1.29 is 43.6 Å². The fourth-order valence-corrected chi connectivity index (χ4v) is 11.2. The Morgan fingerprint density at radius 2 is 1.05 bits per heavy atom. The highest BCUT2D eigenvalue weighted by Crippen LogP contribution is 2.53. The Labute approximate surface area is 368 Å². The van der Waals surface area contributed by atoms with Gasteiger partial charge in [0.15, 0.2) is 0 Å². The molecular formula is C49H66BrFN2O8. The molecule has 4 N–H and O–H groups in total. The maximum atomic E-state index is 12.7.